The monoisotopic (exact) mass is 230 g/mol. The number of esters is 1. The lowest BCUT2D eigenvalue weighted by Crippen LogP contribution is -2.31. The molecule has 4 nitrogen and oxygen atoms in total. The Morgan fingerprint density at radius 1 is 1.31 bits per heavy atom. The van der Waals surface area contributed by atoms with Gasteiger partial charge in [-0.15, -0.1) is 0 Å². The topological polar surface area (TPSA) is 41.6 Å². The van der Waals surface area contributed by atoms with Crippen molar-refractivity contribution in [2.75, 3.05) is 26.7 Å². The van der Waals surface area contributed by atoms with E-state index in [0.717, 1.165) is 19.5 Å². The van der Waals surface area contributed by atoms with Crippen molar-refractivity contribution in [2.24, 2.45) is 0 Å². The van der Waals surface area contributed by atoms with Crippen molar-refractivity contribution in [1.82, 2.24) is 10.2 Å². The van der Waals surface area contributed by atoms with Gasteiger partial charge in [0.25, 0.3) is 0 Å². The van der Waals surface area contributed by atoms with E-state index in [2.05, 4.69) is 31.1 Å². The smallest absolute Gasteiger partial charge is 0.320 e. The number of hydrogen-bond acceptors (Lipinski definition) is 4. The molecule has 0 unspecified atom stereocenters. The maximum atomic E-state index is 11.2. The Balaban J connectivity index is 3.37. The summed E-state index contributed by atoms with van der Waals surface area (Å²) in [5.41, 5.74) is 0. The molecule has 0 aromatic rings. The highest BCUT2D eigenvalue weighted by Gasteiger charge is 2.05. The molecular formula is C12H26N2O2. The molecule has 0 aromatic heterocycles. The van der Waals surface area contributed by atoms with E-state index in [1.165, 1.54) is 0 Å². The molecule has 0 aliphatic rings. The molecule has 0 aliphatic heterocycles. The van der Waals surface area contributed by atoms with Gasteiger partial charge in [-0.3, -0.25) is 4.79 Å². The number of rotatable bonds is 8. The van der Waals surface area contributed by atoms with E-state index >= 15 is 0 Å². The highest BCUT2D eigenvalue weighted by molar-refractivity contribution is 5.71. The first kappa shape index (κ1) is 15.4. The first-order valence-electron chi connectivity index (χ1n) is 6.04. The molecule has 1 N–H and O–H groups in total. The first-order valence-corrected chi connectivity index (χ1v) is 6.04. The Morgan fingerprint density at radius 2 is 1.94 bits per heavy atom. The predicted octanol–water partition coefficient (Wildman–Crippen LogP) is 1.26. The number of carbonyl (C=O) groups is 1. The van der Waals surface area contributed by atoms with E-state index in [-0.39, 0.29) is 12.1 Å². The van der Waals surface area contributed by atoms with Gasteiger partial charge in [0.05, 0.1) is 12.6 Å². The summed E-state index contributed by atoms with van der Waals surface area (Å²) in [6.45, 7) is 10.3. The number of hydrogen-bond donors (Lipinski definition) is 1. The molecule has 0 spiro atoms. The summed E-state index contributed by atoms with van der Waals surface area (Å²) in [5.74, 6) is -0.174. The summed E-state index contributed by atoms with van der Waals surface area (Å²) in [6.07, 6.45) is 1.02. The van der Waals surface area contributed by atoms with E-state index in [0.29, 0.717) is 12.6 Å². The van der Waals surface area contributed by atoms with Gasteiger partial charge in [0, 0.05) is 6.04 Å². The highest BCUT2D eigenvalue weighted by atomic mass is 16.5. The van der Waals surface area contributed by atoms with E-state index in [1.54, 1.807) is 0 Å². The van der Waals surface area contributed by atoms with Crippen molar-refractivity contribution in [1.29, 1.82) is 0 Å². The van der Waals surface area contributed by atoms with Crippen LogP contribution >= 0.6 is 0 Å². The maximum absolute atomic E-state index is 11.2. The molecule has 0 heterocycles. The van der Waals surface area contributed by atoms with Crippen LogP contribution in [0.25, 0.3) is 0 Å². The van der Waals surface area contributed by atoms with Gasteiger partial charge in [0.2, 0.25) is 0 Å². The first-order chi connectivity index (χ1) is 7.43. The van der Waals surface area contributed by atoms with Gasteiger partial charge in [-0.1, -0.05) is 0 Å². The normalized spacial score (nSPS) is 11.5. The Morgan fingerprint density at radius 3 is 2.44 bits per heavy atom. The van der Waals surface area contributed by atoms with Crippen molar-refractivity contribution in [3.8, 4) is 0 Å². The third-order valence-corrected chi connectivity index (χ3v) is 2.38. The lowest BCUT2D eigenvalue weighted by atomic mass is 10.3. The van der Waals surface area contributed by atoms with Gasteiger partial charge in [0.15, 0.2) is 0 Å². The SMILES string of the molecule is CC(C)OC(=O)CNCCCN(C)C(C)C. The molecule has 96 valence electrons. The average molecular weight is 230 g/mol. The highest BCUT2D eigenvalue weighted by Crippen LogP contribution is 1.94. The summed E-state index contributed by atoms with van der Waals surface area (Å²) >= 11 is 0. The fraction of sp³-hybridized carbons (Fsp3) is 0.917. The van der Waals surface area contributed by atoms with Crippen LogP contribution in [0, 0.1) is 0 Å². The summed E-state index contributed by atoms with van der Waals surface area (Å²) < 4.78 is 5.00. The lowest BCUT2D eigenvalue weighted by molar-refractivity contribution is -0.146. The molecule has 16 heavy (non-hydrogen) atoms. The van der Waals surface area contributed by atoms with Gasteiger partial charge in [-0.2, -0.15) is 0 Å². The minimum Gasteiger partial charge on any atom is -0.462 e. The van der Waals surface area contributed by atoms with Crippen LogP contribution in [0.1, 0.15) is 34.1 Å². The number of nitrogens with zero attached hydrogens (tertiary/aromatic N) is 1. The molecule has 0 bridgehead atoms. The molecule has 0 radical (unpaired) electrons. The largest absolute Gasteiger partial charge is 0.462 e. The molecule has 0 aromatic carbocycles. The Kier molecular flexibility index (Phi) is 8.21. The van der Waals surface area contributed by atoms with Crippen LogP contribution < -0.4 is 5.32 Å². The van der Waals surface area contributed by atoms with Crippen LogP contribution in [0.15, 0.2) is 0 Å². The van der Waals surface area contributed by atoms with Crippen molar-refractivity contribution < 1.29 is 9.53 Å². The molecule has 0 saturated heterocycles. The second-order valence-electron chi connectivity index (χ2n) is 4.64. The van der Waals surface area contributed by atoms with Gasteiger partial charge >= 0.3 is 5.97 Å². The Bertz CT molecular complexity index is 193. The molecule has 0 fully saturated rings. The summed E-state index contributed by atoms with van der Waals surface area (Å²) in [7, 11) is 2.11. The lowest BCUT2D eigenvalue weighted by Gasteiger charge is -2.20. The fourth-order valence-corrected chi connectivity index (χ4v) is 1.21. The van der Waals surface area contributed by atoms with Crippen LogP contribution in [-0.4, -0.2) is 49.7 Å². The number of ether oxygens (including phenoxy) is 1. The maximum Gasteiger partial charge on any atom is 0.320 e. The van der Waals surface area contributed by atoms with E-state index in [9.17, 15) is 4.79 Å². The van der Waals surface area contributed by atoms with Crippen LogP contribution in [0.4, 0.5) is 0 Å². The van der Waals surface area contributed by atoms with Gasteiger partial charge in [0.1, 0.15) is 0 Å². The van der Waals surface area contributed by atoms with E-state index in [4.69, 9.17) is 4.74 Å². The molecule has 0 atom stereocenters. The minimum absolute atomic E-state index is 0.0265. The summed E-state index contributed by atoms with van der Waals surface area (Å²) in [6, 6.07) is 0.575. The predicted molar refractivity (Wildman–Crippen MR) is 66.5 cm³/mol. The summed E-state index contributed by atoms with van der Waals surface area (Å²) in [4.78, 5) is 13.4. The molecule has 0 aliphatic carbocycles. The Hall–Kier alpha value is -0.610. The van der Waals surface area contributed by atoms with Gasteiger partial charge in [-0.05, 0) is 54.3 Å². The second-order valence-corrected chi connectivity index (χ2v) is 4.64. The van der Waals surface area contributed by atoms with Crippen molar-refractivity contribution >= 4 is 5.97 Å². The van der Waals surface area contributed by atoms with Crippen LogP contribution in [0.3, 0.4) is 0 Å². The van der Waals surface area contributed by atoms with Crippen LogP contribution in [0.5, 0.6) is 0 Å². The van der Waals surface area contributed by atoms with Gasteiger partial charge in [-0.25, -0.2) is 0 Å². The summed E-state index contributed by atoms with van der Waals surface area (Å²) in [5, 5.41) is 3.08. The second kappa shape index (κ2) is 8.53. The average Bonchev–Trinajstić information content (AvgIpc) is 2.15. The van der Waals surface area contributed by atoms with Crippen molar-refractivity contribution in [3.05, 3.63) is 0 Å². The van der Waals surface area contributed by atoms with Gasteiger partial charge < -0.3 is 15.0 Å². The van der Waals surface area contributed by atoms with Crippen molar-refractivity contribution in [3.63, 3.8) is 0 Å². The fourth-order valence-electron chi connectivity index (χ4n) is 1.21. The molecular weight excluding hydrogens is 204 g/mol. The van der Waals surface area contributed by atoms with Crippen molar-refractivity contribution in [2.45, 2.75) is 46.3 Å². The zero-order chi connectivity index (χ0) is 12.6. The number of carbonyl (C=O) groups excluding carboxylic acids is 1. The molecule has 0 saturated carbocycles. The molecule has 0 amide bonds. The van der Waals surface area contributed by atoms with Crippen LogP contribution in [-0.2, 0) is 9.53 Å². The Labute approximate surface area is 99.3 Å². The third kappa shape index (κ3) is 8.68. The third-order valence-electron chi connectivity index (χ3n) is 2.38. The van der Waals surface area contributed by atoms with E-state index in [1.807, 2.05) is 13.8 Å². The van der Waals surface area contributed by atoms with Crippen LogP contribution in [0.2, 0.25) is 0 Å². The zero-order valence-corrected chi connectivity index (χ0v) is 11.2. The number of nitrogens with one attached hydrogen (secondary N) is 1. The molecule has 0 rings (SSSR count). The molecule has 4 heteroatoms. The minimum atomic E-state index is -0.174. The standard InChI is InChI=1S/C12H26N2O2/c1-10(2)14(5)8-6-7-13-9-12(15)16-11(3)4/h10-11,13H,6-9H2,1-5H3. The van der Waals surface area contributed by atoms with E-state index < -0.39 is 0 Å². The zero-order valence-electron chi connectivity index (χ0n) is 11.2. The quantitative estimate of drug-likeness (QED) is 0.503.